The van der Waals surface area contributed by atoms with E-state index in [4.69, 9.17) is 0 Å². The van der Waals surface area contributed by atoms with Gasteiger partial charge >= 0.3 is 6.61 Å². The Kier molecular flexibility index (Phi) is 6.73. The molecule has 1 fully saturated rings. The largest absolute Gasteiger partial charge is 0.435 e. The molecule has 0 aromatic heterocycles. The van der Waals surface area contributed by atoms with E-state index in [1.165, 1.54) is 30.7 Å². The van der Waals surface area contributed by atoms with Gasteiger partial charge in [0.15, 0.2) is 0 Å². The van der Waals surface area contributed by atoms with Gasteiger partial charge in [0.25, 0.3) is 5.91 Å². The van der Waals surface area contributed by atoms with Crippen LogP contribution in [0.3, 0.4) is 0 Å². The van der Waals surface area contributed by atoms with Crippen molar-refractivity contribution >= 4 is 11.8 Å². The Hall–Kier alpha value is -2.18. The van der Waals surface area contributed by atoms with Crippen molar-refractivity contribution in [2.45, 2.75) is 45.8 Å². The molecule has 7 heteroatoms. The van der Waals surface area contributed by atoms with Crippen molar-refractivity contribution < 1.29 is 23.1 Å². The Morgan fingerprint density at radius 1 is 1.20 bits per heavy atom. The molecular formula is C18H24F2N2O3. The third-order valence-corrected chi connectivity index (χ3v) is 4.80. The summed E-state index contributed by atoms with van der Waals surface area (Å²) in [5, 5.41) is 5.51. The molecule has 0 aliphatic heterocycles. The number of hydrogen-bond donors (Lipinski definition) is 2. The fraction of sp³-hybridized carbons (Fsp3) is 0.556. The maximum atomic E-state index is 12.1. The van der Waals surface area contributed by atoms with Crippen LogP contribution >= 0.6 is 0 Å². The van der Waals surface area contributed by atoms with E-state index in [9.17, 15) is 18.4 Å². The highest BCUT2D eigenvalue weighted by atomic mass is 19.3. The average Bonchev–Trinajstić information content (AvgIpc) is 2.57. The van der Waals surface area contributed by atoms with Crippen molar-refractivity contribution in [2.75, 3.05) is 6.54 Å². The number of rotatable bonds is 6. The van der Waals surface area contributed by atoms with Crippen LogP contribution in [0, 0.1) is 11.8 Å². The molecule has 25 heavy (non-hydrogen) atoms. The highest BCUT2D eigenvalue weighted by molar-refractivity contribution is 5.96. The molecule has 1 saturated carbocycles. The number of carbonyl (C=O) groups is 2. The molecule has 2 rings (SSSR count). The molecule has 138 valence electrons. The molecule has 0 radical (unpaired) electrons. The van der Waals surface area contributed by atoms with Gasteiger partial charge in [-0.25, -0.2) is 0 Å². The second-order valence-corrected chi connectivity index (χ2v) is 6.53. The van der Waals surface area contributed by atoms with Gasteiger partial charge in [0, 0.05) is 11.6 Å². The molecule has 3 atom stereocenters. The van der Waals surface area contributed by atoms with Gasteiger partial charge in [0.1, 0.15) is 5.75 Å². The summed E-state index contributed by atoms with van der Waals surface area (Å²) in [6.07, 6.45) is 3.22. The van der Waals surface area contributed by atoms with Crippen LogP contribution in [0.15, 0.2) is 24.3 Å². The maximum Gasteiger partial charge on any atom is 0.387 e. The first-order valence-electron chi connectivity index (χ1n) is 8.49. The van der Waals surface area contributed by atoms with Gasteiger partial charge in [0.05, 0.1) is 6.54 Å². The molecule has 1 aliphatic rings. The minimum Gasteiger partial charge on any atom is -0.435 e. The van der Waals surface area contributed by atoms with Gasteiger partial charge < -0.3 is 15.4 Å². The van der Waals surface area contributed by atoms with Gasteiger partial charge in [-0.2, -0.15) is 8.78 Å². The van der Waals surface area contributed by atoms with Crippen LogP contribution < -0.4 is 15.4 Å². The van der Waals surface area contributed by atoms with Gasteiger partial charge in [-0.3, -0.25) is 9.59 Å². The Bertz CT molecular complexity index is 592. The highest BCUT2D eigenvalue weighted by Crippen LogP contribution is 2.29. The highest BCUT2D eigenvalue weighted by Gasteiger charge is 2.28. The van der Waals surface area contributed by atoms with E-state index in [0.29, 0.717) is 11.8 Å². The lowest BCUT2D eigenvalue weighted by Crippen LogP contribution is -2.47. The normalized spacial score (nSPS) is 23.2. The number of ether oxygens (including phenoxy) is 1. The van der Waals surface area contributed by atoms with Crippen LogP contribution in [0.2, 0.25) is 0 Å². The van der Waals surface area contributed by atoms with Crippen molar-refractivity contribution in [3.05, 3.63) is 29.8 Å². The zero-order valence-corrected chi connectivity index (χ0v) is 14.4. The Balaban J connectivity index is 1.80. The predicted octanol–water partition coefficient (Wildman–Crippen LogP) is 2.96. The smallest absolute Gasteiger partial charge is 0.387 e. The predicted molar refractivity (Wildman–Crippen MR) is 89.5 cm³/mol. The summed E-state index contributed by atoms with van der Waals surface area (Å²) in [6.45, 7) is 1.29. The molecular weight excluding hydrogens is 330 g/mol. The quantitative estimate of drug-likeness (QED) is 0.825. The second-order valence-electron chi connectivity index (χ2n) is 6.53. The van der Waals surface area contributed by atoms with Crippen LogP contribution in [0.5, 0.6) is 5.75 Å². The fourth-order valence-corrected chi connectivity index (χ4v) is 3.09. The summed E-state index contributed by atoms with van der Waals surface area (Å²) in [7, 11) is 0. The van der Waals surface area contributed by atoms with Crippen LogP contribution in [0.1, 0.15) is 43.5 Å². The van der Waals surface area contributed by atoms with Crippen LogP contribution in [-0.2, 0) is 4.79 Å². The summed E-state index contributed by atoms with van der Waals surface area (Å²) in [4.78, 5) is 24.1. The summed E-state index contributed by atoms with van der Waals surface area (Å²) in [5.74, 6) is 0.295. The van der Waals surface area contributed by atoms with E-state index >= 15 is 0 Å². The van der Waals surface area contributed by atoms with Gasteiger partial charge in [-0.05, 0) is 42.5 Å². The first-order chi connectivity index (χ1) is 11.9. The van der Waals surface area contributed by atoms with Crippen LogP contribution in [0.25, 0.3) is 0 Å². The number of benzene rings is 1. The third kappa shape index (κ3) is 5.69. The number of carbonyl (C=O) groups excluding carboxylic acids is 2. The SMILES string of the molecule is C[C@@H]1[C@H](C)CCC[C@@H]1NC(=O)CNC(=O)c1ccc(OC(F)F)cc1. The number of nitrogens with one attached hydrogen (secondary N) is 2. The van der Waals surface area contributed by atoms with Crippen molar-refractivity contribution in [1.82, 2.24) is 10.6 Å². The third-order valence-electron chi connectivity index (χ3n) is 4.80. The fourth-order valence-electron chi connectivity index (χ4n) is 3.09. The molecule has 0 saturated heterocycles. The molecule has 1 aromatic rings. The first-order valence-corrected chi connectivity index (χ1v) is 8.49. The van der Waals surface area contributed by atoms with Gasteiger partial charge in [-0.1, -0.05) is 26.7 Å². The monoisotopic (exact) mass is 354 g/mol. The lowest BCUT2D eigenvalue weighted by Gasteiger charge is -2.34. The Morgan fingerprint density at radius 2 is 1.88 bits per heavy atom. The Labute approximate surface area is 146 Å². The van der Waals surface area contributed by atoms with E-state index in [1.807, 2.05) is 0 Å². The lowest BCUT2D eigenvalue weighted by atomic mass is 9.78. The van der Waals surface area contributed by atoms with Crippen LogP contribution in [0.4, 0.5) is 8.78 Å². The Morgan fingerprint density at radius 3 is 2.52 bits per heavy atom. The van der Waals surface area contributed by atoms with Crippen LogP contribution in [-0.4, -0.2) is 31.0 Å². The molecule has 0 unspecified atom stereocenters. The molecule has 0 bridgehead atoms. The average molecular weight is 354 g/mol. The van der Waals surface area contributed by atoms with E-state index < -0.39 is 12.5 Å². The van der Waals surface area contributed by atoms with E-state index in [2.05, 4.69) is 29.2 Å². The summed E-state index contributed by atoms with van der Waals surface area (Å²) in [6, 6.07) is 5.45. The van der Waals surface area contributed by atoms with Crippen molar-refractivity contribution in [1.29, 1.82) is 0 Å². The maximum absolute atomic E-state index is 12.1. The summed E-state index contributed by atoms with van der Waals surface area (Å²) in [5.41, 5.74) is 0.272. The van der Waals surface area contributed by atoms with Gasteiger partial charge in [0.2, 0.25) is 5.91 Å². The molecule has 1 aliphatic carbocycles. The lowest BCUT2D eigenvalue weighted by molar-refractivity contribution is -0.121. The molecule has 0 heterocycles. The molecule has 2 N–H and O–H groups in total. The van der Waals surface area contributed by atoms with E-state index in [1.54, 1.807) is 0 Å². The van der Waals surface area contributed by atoms with E-state index in [0.717, 1.165) is 12.8 Å². The minimum atomic E-state index is -2.91. The second kappa shape index (κ2) is 8.78. The van der Waals surface area contributed by atoms with Crippen molar-refractivity contribution in [3.8, 4) is 5.75 Å². The van der Waals surface area contributed by atoms with Crippen molar-refractivity contribution in [3.63, 3.8) is 0 Å². The summed E-state index contributed by atoms with van der Waals surface area (Å²) >= 11 is 0. The number of alkyl halides is 2. The zero-order chi connectivity index (χ0) is 18.4. The first kappa shape index (κ1) is 19.1. The number of halogens is 2. The number of hydrogen-bond acceptors (Lipinski definition) is 3. The van der Waals surface area contributed by atoms with Gasteiger partial charge in [-0.15, -0.1) is 0 Å². The molecule has 1 aromatic carbocycles. The number of amides is 2. The van der Waals surface area contributed by atoms with Crippen molar-refractivity contribution in [2.24, 2.45) is 11.8 Å². The molecule has 0 spiro atoms. The molecule has 2 amide bonds. The van der Waals surface area contributed by atoms with E-state index in [-0.39, 0.29) is 29.8 Å². The molecule has 5 nitrogen and oxygen atoms in total. The standard InChI is InChI=1S/C18H24F2N2O3/c1-11-4-3-5-15(12(11)2)22-16(23)10-21-17(24)13-6-8-14(9-7-13)25-18(19)20/h6-9,11-12,15,18H,3-5,10H2,1-2H3,(H,21,24)(H,22,23)/t11-,12-,15+/m1/s1. The summed E-state index contributed by atoms with van der Waals surface area (Å²) < 4.78 is 28.4. The zero-order valence-electron chi connectivity index (χ0n) is 14.4. The minimum absolute atomic E-state index is 0.0234. The topological polar surface area (TPSA) is 67.4 Å².